The van der Waals surface area contributed by atoms with Gasteiger partial charge in [-0.05, 0) is 38.6 Å². The van der Waals surface area contributed by atoms with E-state index in [2.05, 4.69) is 36.0 Å². The molecule has 0 spiro atoms. The molecule has 1 aromatic heterocycles. The van der Waals surface area contributed by atoms with E-state index in [1.807, 2.05) is 17.5 Å². The molecule has 1 aromatic rings. The molecule has 0 aliphatic carbocycles. The summed E-state index contributed by atoms with van der Waals surface area (Å²) >= 11 is 1.85. The van der Waals surface area contributed by atoms with Gasteiger partial charge in [0, 0.05) is 30.2 Å². The molecule has 2 unspecified atom stereocenters. The Morgan fingerprint density at radius 3 is 3.06 bits per heavy atom. The average molecular weight is 267 g/mol. The lowest BCUT2D eigenvalue weighted by Gasteiger charge is -2.36. The SMILES string of the molecule is CCCNCc1cnc(N2CCC(C)CC2C)s1. The first-order chi connectivity index (χ1) is 8.70. The van der Waals surface area contributed by atoms with Crippen LogP contribution in [-0.4, -0.2) is 24.1 Å². The number of hydrogen-bond acceptors (Lipinski definition) is 4. The van der Waals surface area contributed by atoms with Gasteiger partial charge in [0.1, 0.15) is 0 Å². The molecule has 0 aromatic carbocycles. The maximum absolute atomic E-state index is 4.60. The summed E-state index contributed by atoms with van der Waals surface area (Å²) < 4.78 is 0. The topological polar surface area (TPSA) is 28.2 Å². The summed E-state index contributed by atoms with van der Waals surface area (Å²) in [5, 5.41) is 4.65. The van der Waals surface area contributed by atoms with Crippen molar-refractivity contribution in [2.75, 3.05) is 18.0 Å². The molecular formula is C14H25N3S. The van der Waals surface area contributed by atoms with E-state index in [1.54, 1.807) is 0 Å². The summed E-state index contributed by atoms with van der Waals surface area (Å²) in [6.07, 6.45) is 5.82. The minimum absolute atomic E-state index is 0.636. The Labute approximate surface area is 115 Å². The van der Waals surface area contributed by atoms with Crippen molar-refractivity contribution in [3.63, 3.8) is 0 Å². The fourth-order valence-corrected chi connectivity index (χ4v) is 3.60. The van der Waals surface area contributed by atoms with Crippen molar-refractivity contribution in [3.05, 3.63) is 11.1 Å². The molecule has 2 atom stereocenters. The largest absolute Gasteiger partial charge is 0.345 e. The first-order valence-corrected chi connectivity index (χ1v) is 7.94. The molecule has 1 fully saturated rings. The molecule has 0 radical (unpaired) electrons. The van der Waals surface area contributed by atoms with Crippen LogP contribution in [0.1, 0.15) is 44.9 Å². The number of rotatable bonds is 5. The monoisotopic (exact) mass is 267 g/mol. The van der Waals surface area contributed by atoms with E-state index >= 15 is 0 Å². The predicted molar refractivity (Wildman–Crippen MR) is 79.3 cm³/mol. The van der Waals surface area contributed by atoms with Crippen molar-refractivity contribution in [2.24, 2.45) is 5.92 Å². The van der Waals surface area contributed by atoms with Gasteiger partial charge in [-0.3, -0.25) is 0 Å². The number of piperidine rings is 1. The normalized spacial score (nSPS) is 24.5. The van der Waals surface area contributed by atoms with Crippen LogP contribution in [-0.2, 0) is 6.54 Å². The molecule has 1 N–H and O–H groups in total. The molecule has 0 saturated carbocycles. The molecule has 18 heavy (non-hydrogen) atoms. The first kappa shape index (κ1) is 13.8. The summed E-state index contributed by atoms with van der Waals surface area (Å²) in [4.78, 5) is 8.43. The molecule has 3 nitrogen and oxygen atoms in total. The third-order valence-corrected chi connectivity index (χ3v) is 4.69. The van der Waals surface area contributed by atoms with E-state index in [1.165, 1.54) is 29.3 Å². The van der Waals surface area contributed by atoms with Gasteiger partial charge in [0.15, 0.2) is 5.13 Å². The number of aromatic nitrogens is 1. The number of nitrogens with zero attached hydrogens (tertiary/aromatic N) is 2. The van der Waals surface area contributed by atoms with Gasteiger partial charge in [-0.2, -0.15) is 0 Å². The van der Waals surface area contributed by atoms with Crippen molar-refractivity contribution in [1.82, 2.24) is 10.3 Å². The third kappa shape index (κ3) is 3.45. The van der Waals surface area contributed by atoms with E-state index < -0.39 is 0 Å². The van der Waals surface area contributed by atoms with Crippen LogP contribution in [0.25, 0.3) is 0 Å². The van der Waals surface area contributed by atoms with E-state index in [9.17, 15) is 0 Å². The van der Waals surface area contributed by atoms with E-state index in [4.69, 9.17) is 0 Å². The van der Waals surface area contributed by atoms with Gasteiger partial charge in [0.2, 0.25) is 0 Å². The summed E-state index contributed by atoms with van der Waals surface area (Å²) in [7, 11) is 0. The van der Waals surface area contributed by atoms with Crippen LogP contribution >= 0.6 is 11.3 Å². The first-order valence-electron chi connectivity index (χ1n) is 7.12. The zero-order valence-electron chi connectivity index (χ0n) is 11.8. The number of thiazole rings is 1. The molecule has 1 aliphatic heterocycles. The van der Waals surface area contributed by atoms with Gasteiger partial charge >= 0.3 is 0 Å². The maximum Gasteiger partial charge on any atom is 0.185 e. The standard InChI is InChI=1S/C14H25N3S/c1-4-6-15-9-13-10-16-14(18-13)17-7-5-11(2)8-12(17)3/h10-12,15H,4-9H2,1-3H3. The molecular weight excluding hydrogens is 242 g/mol. The molecule has 0 amide bonds. The highest BCUT2D eigenvalue weighted by molar-refractivity contribution is 7.15. The third-order valence-electron chi connectivity index (χ3n) is 3.65. The van der Waals surface area contributed by atoms with Crippen LogP contribution in [0.3, 0.4) is 0 Å². The van der Waals surface area contributed by atoms with E-state index in [0.29, 0.717) is 6.04 Å². The highest BCUT2D eigenvalue weighted by Gasteiger charge is 2.24. The van der Waals surface area contributed by atoms with Gasteiger partial charge in [-0.15, -0.1) is 11.3 Å². The molecule has 4 heteroatoms. The van der Waals surface area contributed by atoms with Gasteiger partial charge in [-0.25, -0.2) is 4.98 Å². The van der Waals surface area contributed by atoms with Gasteiger partial charge in [0.05, 0.1) is 0 Å². The molecule has 2 heterocycles. The lowest BCUT2D eigenvalue weighted by Crippen LogP contribution is -2.40. The van der Waals surface area contributed by atoms with Crippen LogP contribution in [0.2, 0.25) is 0 Å². The van der Waals surface area contributed by atoms with Crippen LogP contribution in [0.15, 0.2) is 6.20 Å². The van der Waals surface area contributed by atoms with Crippen LogP contribution in [0.5, 0.6) is 0 Å². The summed E-state index contributed by atoms with van der Waals surface area (Å²) in [5.74, 6) is 0.863. The fraction of sp³-hybridized carbons (Fsp3) is 0.786. The van der Waals surface area contributed by atoms with Crippen molar-refractivity contribution in [1.29, 1.82) is 0 Å². The zero-order chi connectivity index (χ0) is 13.0. The minimum Gasteiger partial charge on any atom is -0.345 e. The maximum atomic E-state index is 4.60. The van der Waals surface area contributed by atoms with Gasteiger partial charge in [0.25, 0.3) is 0 Å². The van der Waals surface area contributed by atoms with Crippen molar-refractivity contribution >= 4 is 16.5 Å². The van der Waals surface area contributed by atoms with Crippen molar-refractivity contribution < 1.29 is 0 Å². The summed E-state index contributed by atoms with van der Waals surface area (Å²) in [6.45, 7) is 10.1. The minimum atomic E-state index is 0.636. The summed E-state index contributed by atoms with van der Waals surface area (Å²) in [6, 6.07) is 0.636. The van der Waals surface area contributed by atoms with E-state index in [-0.39, 0.29) is 0 Å². The molecule has 0 bridgehead atoms. The van der Waals surface area contributed by atoms with E-state index in [0.717, 1.165) is 25.6 Å². The van der Waals surface area contributed by atoms with Gasteiger partial charge in [-0.1, -0.05) is 13.8 Å². The Hall–Kier alpha value is -0.610. The average Bonchev–Trinajstić information content (AvgIpc) is 2.78. The van der Waals surface area contributed by atoms with Crippen molar-refractivity contribution in [2.45, 2.75) is 52.6 Å². The van der Waals surface area contributed by atoms with Crippen LogP contribution in [0, 0.1) is 5.92 Å². The Balaban J connectivity index is 1.92. The number of hydrogen-bond donors (Lipinski definition) is 1. The lowest BCUT2D eigenvalue weighted by atomic mass is 9.94. The Bertz CT molecular complexity index is 364. The Morgan fingerprint density at radius 2 is 2.33 bits per heavy atom. The molecule has 102 valence electrons. The van der Waals surface area contributed by atoms with Gasteiger partial charge < -0.3 is 10.2 Å². The Morgan fingerprint density at radius 1 is 1.50 bits per heavy atom. The second kappa shape index (κ2) is 6.53. The van der Waals surface area contributed by atoms with Crippen LogP contribution in [0.4, 0.5) is 5.13 Å². The molecule has 2 rings (SSSR count). The highest BCUT2D eigenvalue weighted by atomic mass is 32.1. The lowest BCUT2D eigenvalue weighted by molar-refractivity contribution is 0.377. The summed E-state index contributed by atoms with van der Waals surface area (Å²) in [5.41, 5.74) is 0. The fourth-order valence-electron chi connectivity index (χ4n) is 2.59. The number of anilines is 1. The quantitative estimate of drug-likeness (QED) is 0.830. The zero-order valence-corrected chi connectivity index (χ0v) is 12.6. The smallest absolute Gasteiger partial charge is 0.185 e. The number of nitrogens with one attached hydrogen (secondary N) is 1. The second-order valence-corrected chi connectivity index (χ2v) is 6.55. The molecule has 1 aliphatic rings. The van der Waals surface area contributed by atoms with Crippen molar-refractivity contribution in [3.8, 4) is 0 Å². The Kier molecular flexibility index (Phi) is 5.01. The highest BCUT2D eigenvalue weighted by Crippen LogP contribution is 2.30. The molecule has 1 saturated heterocycles. The van der Waals surface area contributed by atoms with Crippen LogP contribution < -0.4 is 10.2 Å². The predicted octanol–water partition coefficient (Wildman–Crippen LogP) is 3.27. The second-order valence-electron chi connectivity index (χ2n) is 5.46.